The molecule has 5 nitrogen and oxygen atoms in total. The number of aromatic amines is 1. The van der Waals surface area contributed by atoms with Crippen LogP contribution in [0.4, 0.5) is 0 Å². The monoisotopic (exact) mass is 497 g/mol. The van der Waals surface area contributed by atoms with Crippen LogP contribution in [-0.2, 0) is 5.41 Å². The molecule has 194 valence electrons. The summed E-state index contributed by atoms with van der Waals surface area (Å²) < 4.78 is 6.34. The fourth-order valence-corrected chi connectivity index (χ4v) is 6.15. The van der Waals surface area contributed by atoms with Crippen LogP contribution in [-0.4, -0.2) is 40.9 Å². The average molecular weight is 498 g/mol. The van der Waals surface area contributed by atoms with Gasteiger partial charge in [-0.2, -0.15) is 5.26 Å². The van der Waals surface area contributed by atoms with Gasteiger partial charge in [-0.3, -0.25) is 4.79 Å². The summed E-state index contributed by atoms with van der Waals surface area (Å²) in [5.74, 6) is 1.16. The van der Waals surface area contributed by atoms with Crippen LogP contribution in [0.1, 0.15) is 111 Å². The van der Waals surface area contributed by atoms with Crippen molar-refractivity contribution in [2.75, 3.05) is 13.1 Å². The third-order valence-electron chi connectivity index (χ3n) is 8.59. The summed E-state index contributed by atoms with van der Waals surface area (Å²) in [4.78, 5) is 20.1. The number of H-pyrrole nitrogens is 1. The topological polar surface area (TPSA) is 69.1 Å². The predicted molar refractivity (Wildman–Crippen MR) is 149 cm³/mol. The second-order valence-corrected chi connectivity index (χ2v) is 11.7. The molecule has 0 amide bonds. The Morgan fingerprint density at radius 2 is 1.95 bits per heavy atom. The highest BCUT2D eigenvalue weighted by Gasteiger charge is 2.41. The van der Waals surface area contributed by atoms with E-state index in [1.807, 2.05) is 32.0 Å². The summed E-state index contributed by atoms with van der Waals surface area (Å²) in [5, 5.41) is 10.2. The molecule has 37 heavy (non-hydrogen) atoms. The van der Waals surface area contributed by atoms with E-state index in [0.29, 0.717) is 17.0 Å². The second-order valence-electron chi connectivity index (χ2n) is 11.7. The van der Waals surface area contributed by atoms with E-state index in [0.717, 1.165) is 59.0 Å². The lowest BCUT2D eigenvalue weighted by Crippen LogP contribution is -2.40. The number of hydrogen-bond acceptors (Lipinski definition) is 4. The van der Waals surface area contributed by atoms with E-state index in [9.17, 15) is 10.1 Å². The first-order valence-electron chi connectivity index (χ1n) is 13.9. The molecule has 1 atom stereocenters. The highest BCUT2D eigenvalue weighted by molar-refractivity contribution is 6.20. The number of nitrogens with one attached hydrogen (secondary N) is 1. The van der Waals surface area contributed by atoms with E-state index in [1.165, 1.54) is 24.8 Å². The van der Waals surface area contributed by atoms with Crippen molar-refractivity contribution in [2.45, 2.75) is 90.7 Å². The van der Waals surface area contributed by atoms with Gasteiger partial charge in [-0.25, -0.2) is 0 Å². The molecule has 0 spiro atoms. The number of benzene rings is 2. The minimum Gasteiger partial charge on any atom is -0.491 e. The Bertz CT molecular complexity index is 1390. The van der Waals surface area contributed by atoms with Crippen molar-refractivity contribution < 1.29 is 9.53 Å². The fourth-order valence-electron chi connectivity index (χ4n) is 6.15. The maximum atomic E-state index is 14.0. The first kappa shape index (κ1) is 25.5. The molecule has 0 saturated heterocycles. The van der Waals surface area contributed by atoms with Gasteiger partial charge in [-0.15, -0.1) is 0 Å². The van der Waals surface area contributed by atoms with E-state index < -0.39 is 5.41 Å². The number of carbonyl (C=O) groups is 1. The normalized spacial score (nSPS) is 17.4. The van der Waals surface area contributed by atoms with Gasteiger partial charge in [0.2, 0.25) is 0 Å². The Kier molecular flexibility index (Phi) is 6.66. The Balaban J connectivity index is 1.57. The third kappa shape index (κ3) is 4.36. The number of carbonyl (C=O) groups excluding carboxylic acids is 1. The number of ketones is 1. The first-order valence-corrected chi connectivity index (χ1v) is 13.9. The SMILES string of the molecule is CCN(CCC(C)c1cc2c(cc1OC(C)C)C(=O)c1c([nH]c3cc(C#N)ccc13)C2(C)C)C1CCC1. The van der Waals surface area contributed by atoms with Crippen LogP contribution in [0.25, 0.3) is 10.9 Å². The standard InChI is InChI=1S/C32H39N3O2/c1-7-35(22-9-8-10-22)14-13-20(4)24-16-26-25(17-28(24)37-19(2)3)30(36)29-23-12-11-21(18-33)15-27(23)34-31(29)32(26,5)6/h11-12,15-17,19-20,22,34H,7-10,13-14H2,1-6H3. The largest absolute Gasteiger partial charge is 0.491 e. The van der Waals surface area contributed by atoms with Gasteiger partial charge in [0.25, 0.3) is 0 Å². The fraction of sp³-hybridized carbons (Fsp3) is 0.500. The van der Waals surface area contributed by atoms with Crippen molar-refractivity contribution in [1.29, 1.82) is 5.26 Å². The molecule has 3 aromatic rings. The molecule has 1 N–H and O–H groups in total. The highest BCUT2D eigenvalue weighted by atomic mass is 16.5. The van der Waals surface area contributed by atoms with Crippen LogP contribution in [0, 0.1) is 11.3 Å². The van der Waals surface area contributed by atoms with E-state index >= 15 is 0 Å². The molecule has 1 saturated carbocycles. The highest BCUT2D eigenvalue weighted by Crippen LogP contribution is 2.47. The number of aromatic nitrogens is 1. The van der Waals surface area contributed by atoms with Crippen molar-refractivity contribution >= 4 is 16.7 Å². The number of fused-ring (bicyclic) bond motifs is 4. The molecular weight excluding hydrogens is 458 g/mol. The van der Waals surface area contributed by atoms with Gasteiger partial charge in [0.15, 0.2) is 5.78 Å². The minimum absolute atomic E-state index is 0.0193. The molecule has 5 rings (SSSR count). The number of hydrogen-bond donors (Lipinski definition) is 1. The van der Waals surface area contributed by atoms with E-state index in [-0.39, 0.29) is 11.9 Å². The maximum Gasteiger partial charge on any atom is 0.195 e. The van der Waals surface area contributed by atoms with Gasteiger partial charge in [0.1, 0.15) is 5.75 Å². The van der Waals surface area contributed by atoms with Crippen LogP contribution in [0.2, 0.25) is 0 Å². The summed E-state index contributed by atoms with van der Waals surface area (Å²) in [5.41, 5.74) is 5.61. The Hall–Kier alpha value is -3.10. The van der Waals surface area contributed by atoms with Crippen molar-refractivity contribution in [3.8, 4) is 11.8 Å². The van der Waals surface area contributed by atoms with Gasteiger partial charge in [0.05, 0.1) is 23.3 Å². The lowest BCUT2D eigenvalue weighted by molar-refractivity contribution is 0.103. The van der Waals surface area contributed by atoms with Crippen molar-refractivity contribution in [2.24, 2.45) is 0 Å². The van der Waals surface area contributed by atoms with E-state index in [4.69, 9.17) is 4.74 Å². The molecule has 1 fully saturated rings. The average Bonchev–Trinajstić information content (AvgIpc) is 3.23. The molecule has 0 radical (unpaired) electrons. The maximum absolute atomic E-state index is 14.0. The van der Waals surface area contributed by atoms with Crippen molar-refractivity contribution in [3.63, 3.8) is 0 Å². The van der Waals surface area contributed by atoms with Crippen molar-refractivity contribution in [3.05, 3.63) is 63.8 Å². The minimum atomic E-state index is -0.392. The molecule has 1 aromatic heterocycles. The summed E-state index contributed by atoms with van der Waals surface area (Å²) in [7, 11) is 0. The molecule has 2 aliphatic rings. The zero-order valence-electron chi connectivity index (χ0n) is 23.1. The van der Waals surface area contributed by atoms with Crippen molar-refractivity contribution in [1.82, 2.24) is 9.88 Å². The number of nitrogens with zero attached hydrogens (tertiary/aromatic N) is 2. The summed E-state index contributed by atoms with van der Waals surface area (Å²) in [6, 6.07) is 12.7. The third-order valence-corrected chi connectivity index (χ3v) is 8.59. The van der Waals surface area contributed by atoms with Crippen LogP contribution in [0.3, 0.4) is 0 Å². The van der Waals surface area contributed by atoms with Crippen LogP contribution < -0.4 is 4.74 Å². The van der Waals surface area contributed by atoms with Gasteiger partial charge in [0, 0.05) is 33.6 Å². The van der Waals surface area contributed by atoms with Crippen LogP contribution in [0.15, 0.2) is 30.3 Å². The van der Waals surface area contributed by atoms with E-state index in [1.54, 1.807) is 6.07 Å². The Morgan fingerprint density at radius 1 is 1.19 bits per heavy atom. The zero-order chi connectivity index (χ0) is 26.5. The molecular formula is C32H39N3O2. The van der Waals surface area contributed by atoms with Crippen LogP contribution >= 0.6 is 0 Å². The smallest absolute Gasteiger partial charge is 0.195 e. The summed E-state index contributed by atoms with van der Waals surface area (Å²) >= 11 is 0. The predicted octanol–water partition coefficient (Wildman–Crippen LogP) is 7.07. The Labute approximate surface area is 220 Å². The second kappa shape index (κ2) is 9.65. The number of ether oxygens (including phenoxy) is 1. The van der Waals surface area contributed by atoms with Crippen LogP contribution in [0.5, 0.6) is 5.75 Å². The van der Waals surface area contributed by atoms with Gasteiger partial charge < -0.3 is 14.6 Å². The quantitative estimate of drug-likeness (QED) is 0.361. The number of nitriles is 1. The Morgan fingerprint density at radius 3 is 2.57 bits per heavy atom. The molecule has 2 aromatic carbocycles. The van der Waals surface area contributed by atoms with Gasteiger partial charge >= 0.3 is 0 Å². The number of rotatable bonds is 8. The lowest BCUT2D eigenvalue weighted by Gasteiger charge is -2.37. The first-order chi connectivity index (χ1) is 17.6. The molecule has 5 heteroatoms. The molecule has 0 aliphatic heterocycles. The van der Waals surface area contributed by atoms with E-state index in [2.05, 4.69) is 49.7 Å². The summed E-state index contributed by atoms with van der Waals surface area (Å²) in [6.45, 7) is 15.2. The molecule has 2 aliphatic carbocycles. The lowest BCUT2D eigenvalue weighted by atomic mass is 9.70. The molecule has 1 heterocycles. The van der Waals surface area contributed by atoms with Gasteiger partial charge in [-0.05, 0) is 81.4 Å². The van der Waals surface area contributed by atoms with Gasteiger partial charge in [-0.1, -0.05) is 46.2 Å². The summed E-state index contributed by atoms with van der Waals surface area (Å²) in [6.07, 6.45) is 5.07. The zero-order valence-corrected chi connectivity index (χ0v) is 23.1. The molecule has 0 bridgehead atoms. The molecule has 1 unspecified atom stereocenters.